The van der Waals surface area contributed by atoms with Crippen LogP contribution in [0.4, 0.5) is 0 Å². The summed E-state index contributed by atoms with van der Waals surface area (Å²) < 4.78 is 26.7. The number of aromatic nitrogens is 1. The zero-order valence-electron chi connectivity index (χ0n) is 19.2. The molecule has 8 heteroatoms. The molecule has 0 fully saturated rings. The maximum atomic E-state index is 13.4. The molecule has 2 heterocycles. The van der Waals surface area contributed by atoms with E-state index >= 15 is 0 Å². The van der Waals surface area contributed by atoms with Gasteiger partial charge in [0.15, 0.2) is 0 Å². The summed E-state index contributed by atoms with van der Waals surface area (Å²) in [5.41, 5.74) is 7.56. The van der Waals surface area contributed by atoms with Gasteiger partial charge in [-0.2, -0.15) is 0 Å². The minimum atomic E-state index is -3.66. The largest absolute Gasteiger partial charge is 0.321 e. The molecule has 0 aliphatic carbocycles. The second-order valence-electron chi connectivity index (χ2n) is 8.55. The molecule has 0 unspecified atom stereocenters. The number of nitrogens with zero attached hydrogens (tertiary/aromatic N) is 1. The third-order valence-corrected chi connectivity index (χ3v) is 7.47. The quantitative estimate of drug-likeness (QED) is 0.387. The third-order valence-electron chi connectivity index (χ3n) is 6.20. The molecule has 0 radical (unpaired) electrons. The number of rotatable bonds is 5. The van der Waals surface area contributed by atoms with Crippen molar-refractivity contribution in [2.75, 3.05) is 6.26 Å². The molecule has 0 spiro atoms. The molecule has 0 bridgehead atoms. The average Bonchev–Trinajstić information content (AvgIpc) is 3.30. The zero-order chi connectivity index (χ0) is 24.7. The van der Waals surface area contributed by atoms with Crippen molar-refractivity contribution in [1.29, 1.82) is 0 Å². The van der Waals surface area contributed by atoms with Crippen LogP contribution in [0.25, 0.3) is 27.7 Å². The number of H-pyrrole nitrogens is 1. The van der Waals surface area contributed by atoms with Crippen LogP contribution in [0.3, 0.4) is 0 Å². The number of benzene rings is 3. The highest BCUT2D eigenvalue weighted by molar-refractivity contribution is 7.88. The summed E-state index contributed by atoms with van der Waals surface area (Å²) >= 11 is 6.33. The minimum Gasteiger partial charge on any atom is -0.321 e. The lowest BCUT2D eigenvalue weighted by molar-refractivity contribution is 0.351. The Bertz CT molecular complexity index is 1610. The van der Waals surface area contributed by atoms with E-state index < -0.39 is 16.1 Å². The predicted octanol–water partition coefficient (Wildman–Crippen LogP) is 5.27. The second-order valence-corrected chi connectivity index (χ2v) is 10.8. The number of nitrogens with one attached hydrogen (secondary N) is 2. The number of hydrogen-bond acceptors (Lipinski definition) is 4. The molecule has 178 valence electrons. The van der Waals surface area contributed by atoms with Crippen molar-refractivity contribution in [3.8, 4) is 11.1 Å². The van der Waals surface area contributed by atoms with E-state index in [9.17, 15) is 13.2 Å². The number of sulfonamides is 1. The van der Waals surface area contributed by atoms with Crippen LogP contribution in [0.5, 0.6) is 0 Å². The average molecular weight is 506 g/mol. The first kappa shape index (κ1) is 23.4. The van der Waals surface area contributed by atoms with Crippen LogP contribution in [0, 0.1) is 0 Å². The molecule has 1 atom stereocenters. The Kier molecular flexibility index (Phi) is 6.01. The van der Waals surface area contributed by atoms with Gasteiger partial charge in [0.2, 0.25) is 10.0 Å². The molecule has 1 aliphatic heterocycles. The van der Waals surface area contributed by atoms with Crippen molar-refractivity contribution in [3.05, 3.63) is 111 Å². The Morgan fingerprint density at radius 2 is 1.69 bits per heavy atom. The summed E-state index contributed by atoms with van der Waals surface area (Å²) in [5, 5.41) is 1.30. The van der Waals surface area contributed by atoms with Crippen molar-refractivity contribution in [2.24, 2.45) is 0 Å². The summed E-state index contributed by atoms with van der Waals surface area (Å²) in [6, 6.07) is 22.1. The molecular formula is C27H24ClN3O3S. The summed E-state index contributed by atoms with van der Waals surface area (Å²) in [6.45, 7) is 2.07. The molecule has 5 rings (SSSR count). The maximum Gasteiger partial charge on any atom is 0.258 e. The number of pyridine rings is 1. The van der Waals surface area contributed by atoms with Crippen molar-refractivity contribution < 1.29 is 8.42 Å². The monoisotopic (exact) mass is 505 g/mol. The van der Waals surface area contributed by atoms with Gasteiger partial charge in [-0.15, -0.1) is 4.41 Å². The molecule has 0 saturated carbocycles. The van der Waals surface area contributed by atoms with Gasteiger partial charge in [-0.1, -0.05) is 73.1 Å². The van der Waals surface area contributed by atoms with E-state index in [1.165, 1.54) is 4.41 Å². The standard InChI is InChI=1S/C27H24ClN3O3S/c1-3-17-9-11-18(12-10-17)24-16-23(30-31(24)35(2,33)34)26-25(19-7-5-4-6-8-19)21-15-20(28)13-14-22(21)29-27(26)32/h4-16,24,30H,3H2,1-2H3,(H,29,32)/t24-/m0/s1. The highest BCUT2D eigenvalue weighted by Gasteiger charge is 2.35. The predicted molar refractivity (Wildman–Crippen MR) is 141 cm³/mol. The first-order chi connectivity index (χ1) is 16.8. The van der Waals surface area contributed by atoms with E-state index in [0.29, 0.717) is 27.4 Å². The fourth-order valence-corrected chi connectivity index (χ4v) is 5.52. The fourth-order valence-electron chi connectivity index (χ4n) is 4.49. The molecule has 6 nitrogen and oxygen atoms in total. The van der Waals surface area contributed by atoms with Crippen molar-refractivity contribution in [3.63, 3.8) is 0 Å². The smallest absolute Gasteiger partial charge is 0.258 e. The Morgan fingerprint density at radius 1 is 0.971 bits per heavy atom. The number of halogens is 1. The highest BCUT2D eigenvalue weighted by Crippen LogP contribution is 2.38. The van der Waals surface area contributed by atoms with E-state index in [4.69, 9.17) is 11.6 Å². The van der Waals surface area contributed by atoms with Crippen molar-refractivity contribution in [2.45, 2.75) is 19.4 Å². The Balaban J connectivity index is 1.76. The van der Waals surface area contributed by atoms with Crippen LogP contribution < -0.4 is 11.0 Å². The lowest BCUT2D eigenvalue weighted by Gasteiger charge is -2.23. The van der Waals surface area contributed by atoms with Gasteiger partial charge in [0.05, 0.1) is 23.6 Å². The summed E-state index contributed by atoms with van der Waals surface area (Å²) in [4.78, 5) is 16.4. The number of hydrazine groups is 1. The van der Waals surface area contributed by atoms with Crippen LogP contribution in [-0.2, 0) is 16.4 Å². The second kappa shape index (κ2) is 9.00. The van der Waals surface area contributed by atoms with Gasteiger partial charge in [0.1, 0.15) is 0 Å². The van der Waals surface area contributed by atoms with E-state index in [-0.39, 0.29) is 5.56 Å². The van der Waals surface area contributed by atoms with Gasteiger partial charge in [0, 0.05) is 21.5 Å². The lowest BCUT2D eigenvalue weighted by Crippen LogP contribution is -2.39. The molecule has 0 amide bonds. The number of hydrogen-bond donors (Lipinski definition) is 2. The molecule has 1 aliphatic rings. The third kappa shape index (κ3) is 4.38. The first-order valence-corrected chi connectivity index (χ1v) is 13.5. The van der Waals surface area contributed by atoms with E-state index in [0.717, 1.165) is 34.8 Å². The number of fused-ring (bicyclic) bond motifs is 1. The first-order valence-electron chi connectivity index (χ1n) is 11.2. The van der Waals surface area contributed by atoms with Gasteiger partial charge in [-0.25, -0.2) is 8.42 Å². The van der Waals surface area contributed by atoms with E-state index in [2.05, 4.69) is 17.3 Å². The minimum absolute atomic E-state index is 0.326. The molecule has 2 N–H and O–H groups in total. The fraction of sp³-hybridized carbons (Fsp3) is 0.148. The van der Waals surface area contributed by atoms with Gasteiger partial charge in [-0.05, 0) is 47.4 Å². The molecule has 4 aromatic rings. The Morgan fingerprint density at radius 3 is 2.34 bits per heavy atom. The van der Waals surface area contributed by atoms with Crippen LogP contribution in [0.1, 0.15) is 29.7 Å². The van der Waals surface area contributed by atoms with Gasteiger partial charge in [0.25, 0.3) is 5.56 Å². The van der Waals surface area contributed by atoms with E-state index in [1.54, 1.807) is 18.2 Å². The Labute approximate surface area is 208 Å². The summed E-state index contributed by atoms with van der Waals surface area (Å²) in [6.07, 6.45) is 3.82. The van der Waals surface area contributed by atoms with Crippen molar-refractivity contribution >= 4 is 38.2 Å². The van der Waals surface area contributed by atoms with Crippen LogP contribution in [0.15, 0.2) is 83.7 Å². The molecular weight excluding hydrogens is 482 g/mol. The van der Waals surface area contributed by atoms with Crippen LogP contribution >= 0.6 is 11.6 Å². The highest BCUT2D eigenvalue weighted by atomic mass is 35.5. The Hall–Kier alpha value is -3.39. The normalized spacial score (nSPS) is 16.3. The number of aryl methyl sites for hydroxylation is 1. The van der Waals surface area contributed by atoms with Gasteiger partial charge in [-0.3, -0.25) is 4.79 Å². The maximum absolute atomic E-state index is 13.4. The lowest BCUT2D eigenvalue weighted by atomic mass is 9.94. The topological polar surface area (TPSA) is 82.3 Å². The van der Waals surface area contributed by atoms with E-state index in [1.807, 2.05) is 60.7 Å². The van der Waals surface area contributed by atoms with Crippen molar-refractivity contribution in [1.82, 2.24) is 14.8 Å². The summed E-state index contributed by atoms with van der Waals surface area (Å²) in [7, 11) is -3.66. The van der Waals surface area contributed by atoms with Gasteiger partial charge < -0.3 is 10.4 Å². The molecule has 0 saturated heterocycles. The zero-order valence-corrected chi connectivity index (χ0v) is 20.8. The molecule has 35 heavy (non-hydrogen) atoms. The van der Waals surface area contributed by atoms with Crippen LogP contribution in [0.2, 0.25) is 5.02 Å². The van der Waals surface area contributed by atoms with Gasteiger partial charge >= 0.3 is 0 Å². The number of aromatic amines is 1. The SMILES string of the molecule is CCc1ccc([C@@H]2C=C(c3c(-c4ccccc4)c4cc(Cl)ccc4[nH]c3=O)NN2S(C)(=O)=O)cc1. The van der Waals surface area contributed by atoms with Crippen LogP contribution in [-0.4, -0.2) is 24.1 Å². The summed E-state index contributed by atoms with van der Waals surface area (Å²) in [5.74, 6) is 0. The molecule has 3 aromatic carbocycles. The molecule has 1 aromatic heterocycles.